The summed E-state index contributed by atoms with van der Waals surface area (Å²) >= 11 is 5.64. The van der Waals surface area contributed by atoms with E-state index in [2.05, 4.69) is 9.97 Å². The highest BCUT2D eigenvalue weighted by Gasteiger charge is 2.23. The monoisotopic (exact) mass is 297 g/mol. The van der Waals surface area contributed by atoms with E-state index >= 15 is 0 Å². The Bertz CT molecular complexity index is 666. The molecule has 0 saturated carbocycles. The molecule has 0 aliphatic rings. The molecule has 0 atom stereocenters. The van der Waals surface area contributed by atoms with Crippen molar-refractivity contribution < 1.29 is 14.1 Å². The molecule has 0 fully saturated rings. The first-order valence-corrected chi connectivity index (χ1v) is 5.91. The van der Waals surface area contributed by atoms with Crippen LogP contribution in [-0.2, 0) is 6.61 Å². The van der Waals surface area contributed by atoms with Crippen molar-refractivity contribution in [2.24, 2.45) is 0 Å². The first kappa shape index (κ1) is 14.1. The summed E-state index contributed by atoms with van der Waals surface area (Å²) in [6, 6.07) is 5.95. The summed E-state index contributed by atoms with van der Waals surface area (Å²) < 4.78 is 18.6. The molecule has 1 aromatic carbocycles. The Morgan fingerprint density at radius 2 is 2.10 bits per heavy atom. The van der Waals surface area contributed by atoms with Crippen molar-refractivity contribution in [1.82, 2.24) is 9.97 Å². The minimum Gasteiger partial charge on any atom is -0.468 e. The van der Waals surface area contributed by atoms with Gasteiger partial charge in [-0.05, 0) is 24.6 Å². The highest BCUT2D eigenvalue weighted by Crippen LogP contribution is 2.29. The lowest BCUT2D eigenvalue weighted by Crippen LogP contribution is -2.05. The van der Waals surface area contributed by atoms with Crippen molar-refractivity contribution in [3.63, 3.8) is 0 Å². The molecule has 2 rings (SSSR count). The number of halogens is 2. The van der Waals surface area contributed by atoms with Crippen molar-refractivity contribution in [3.8, 4) is 5.88 Å². The standard InChI is InChI=1S/C12H9ClFN3O3/c1-7-10(17(18)19)11(16-12(13)15-7)20-6-8-4-2-3-5-9(8)14/h2-5H,6H2,1H3. The van der Waals surface area contributed by atoms with Crippen LogP contribution in [0.5, 0.6) is 5.88 Å². The number of aromatic nitrogens is 2. The summed E-state index contributed by atoms with van der Waals surface area (Å²) in [5, 5.41) is 10.8. The van der Waals surface area contributed by atoms with Crippen molar-refractivity contribution in [3.05, 3.63) is 56.7 Å². The van der Waals surface area contributed by atoms with E-state index < -0.39 is 10.7 Å². The summed E-state index contributed by atoms with van der Waals surface area (Å²) in [4.78, 5) is 17.7. The molecule has 104 valence electrons. The van der Waals surface area contributed by atoms with Crippen LogP contribution >= 0.6 is 11.6 Å². The van der Waals surface area contributed by atoms with E-state index in [0.717, 1.165) is 0 Å². The van der Waals surface area contributed by atoms with Gasteiger partial charge in [0.2, 0.25) is 5.28 Å². The zero-order valence-electron chi connectivity index (χ0n) is 10.3. The van der Waals surface area contributed by atoms with Crippen LogP contribution in [0.2, 0.25) is 5.28 Å². The van der Waals surface area contributed by atoms with Gasteiger partial charge in [-0.25, -0.2) is 9.37 Å². The van der Waals surface area contributed by atoms with Crippen molar-refractivity contribution in [1.29, 1.82) is 0 Å². The zero-order chi connectivity index (χ0) is 14.7. The van der Waals surface area contributed by atoms with Crippen LogP contribution in [0.1, 0.15) is 11.3 Å². The normalized spacial score (nSPS) is 10.3. The van der Waals surface area contributed by atoms with E-state index in [1.807, 2.05) is 0 Å². The van der Waals surface area contributed by atoms with Crippen LogP contribution in [-0.4, -0.2) is 14.9 Å². The molecule has 0 aliphatic carbocycles. The van der Waals surface area contributed by atoms with Gasteiger partial charge in [-0.15, -0.1) is 0 Å². The van der Waals surface area contributed by atoms with Crippen LogP contribution in [0.4, 0.5) is 10.1 Å². The Morgan fingerprint density at radius 3 is 2.75 bits per heavy atom. The number of nitro groups is 1. The molecular formula is C12H9ClFN3O3. The topological polar surface area (TPSA) is 78.2 Å². The summed E-state index contributed by atoms with van der Waals surface area (Å²) in [5.74, 6) is -0.747. The Balaban J connectivity index is 2.30. The van der Waals surface area contributed by atoms with E-state index in [-0.39, 0.29) is 34.7 Å². The predicted molar refractivity (Wildman–Crippen MR) is 69.2 cm³/mol. The molecule has 20 heavy (non-hydrogen) atoms. The van der Waals surface area contributed by atoms with Gasteiger partial charge in [0.1, 0.15) is 18.1 Å². The second-order valence-electron chi connectivity index (χ2n) is 3.87. The summed E-state index contributed by atoms with van der Waals surface area (Å²) in [6.07, 6.45) is 0. The Kier molecular flexibility index (Phi) is 4.09. The summed E-state index contributed by atoms with van der Waals surface area (Å²) in [5.41, 5.74) is -0.0431. The maximum atomic E-state index is 13.4. The zero-order valence-corrected chi connectivity index (χ0v) is 11.1. The molecule has 0 bridgehead atoms. The fourth-order valence-electron chi connectivity index (χ4n) is 1.58. The summed E-state index contributed by atoms with van der Waals surface area (Å²) in [7, 11) is 0. The largest absolute Gasteiger partial charge is 0.468 e. The van der Waals surface area contributed by atoms with Crippen LogP contribution < -0.4 is 4.74 Å². The number of hydrogen-bond acceptors (Lipinski definition) is 5. The lowest BCUT2D eigenvalue weighted by atomic mass is 10.2. The first-order chi connectivity index (χ1) is 9.49. The molecule has 0 unspecified atom stereocenters. The second kappa shape index (κ2) is 5.79. The van der Waals surface area contributed by atoms with E-state index in [4.69, 9.17) is 16.3 Å². The molecule has 8 heteroatoms. The fraction of sp³-hybridized carbons (Fsp3) is 0.167. The fourth-order valence-corrected chi connectivity index (χ4v) is 1.78. The predicted octanol–water partition coefficient (Wildman–Crippen LogP) is 3.06. The maximum absolute atomic E-state index is 13.4. The molecule has 6 nitrogen and oxygen atoms in total. The van der Waals surface area contributed by atoms with E-state index in [9.17, 15) is 14.5 Å². The van der Waals surface area contributed by atoms with Crippen LogP contribution in [0.15, 0.2) is 24.3 Å². The molecule has 1 heterocycles. The van der Waals surface area contributed by atoms with Gasteiger partial charge in [-0.3, -0.25) is 10.1 Å². The Labute approximate surface area is 118 Å². The minimum absolute atomic E-state index is 0.0820. The van der Waals surface area contributed by atoms with Gasteiger partial charge in [0.15, 0.2) is 0 Å². The number of rotatable bonds is 4. The molecular weight excluding hydrogens is 289 g/mol. The van der Waals surface area contributed by atoms with Gasteiger partial charge in [0.25, 0.3) is 5.88 Å². The van der Waals surface area contributed by atoms with Crippen molar-refractivity contribution in [2.75, 3.05) is 0 Å². The average Bonchev–Trinajstić information content (AvgIpc) is 2.36. The highest BCUT2D eigenvalue weighted by molar-refractivity contribution is 6.28. The smallest absolute Gasteiger partial charge is 0.352 e. The van der Waals surface area contributed by atoms with Gasteiger partial charge in [0.05, 0.1) is 4.92 Å². The third-order valence-electron chi connectivity index (χ3n) is 2.50. The van der Waals surface area contributed by atoms with Gasteiger partial charge < -0.3 is 4.74 Å². The quantitative estimate of drug-likeness (QED) is 0.492. The Morgan fingerprint density at radius 1 is 1.40 bits per heavy atom. The summed E-state index contributed by atoms with van der Waals surface area (Å²) in [6.45, 7) is 1.22. The molecule has 0 radical (unpaired) electrons. The van der Waals surface area contributed by atoms with Crippen LogP contribution in [0.3, 0.4) is 0 Å². The maximum Gasteiger partial charge on any atom is 0.352 e. The highest BCUT2D eigenvalue weighted by atomic mass is 35.5. The first-order valence-electron chi connectivity index (χ1n) is 5.53. The van der Waals surface area contributed by atoms with Crippen molar-refractivity contribution in [2.45, 2.75) is 13.5 Å². The second-order valence-corrected chi connectivity index (χ2v) is 4.21. The van der Waals surface area contributed by atoms with Gasteiger partial charge in [-0.1, -0.05) is 18.2 Å². The van der Waals surface area contributed by atoms with Crippen LogP contribution in [0, 0.1) is 22.9 Å². The van der Waals surface area contributed by atoms with Gasteiger partial charge in [0, 0.05) is 5.56 Å². The number of aryl methyl sites for hydroxylation is 1. The lowest BCUT2D eigenvalue weighted by Gasteiger charge is -2.07. The molecule has 0 saturated heterocycles. The van der Waals surface area contributed by atoms with Crippen LogP contribution in [0.25, 0.3) is 0 Å². The lowest BCUT2D eigenvalue weighted by molar-refractivity contribution is -0.387. The number of hydrogen-bond donors (Lipinski definition) is 0. The molecule has 0 amide bonds. The van der Waals surface area contributed by atoms with E-state index in [0.29, 0.717) is 0 Å². The number of benzene rings is 1. The average molecular weight is 298 g/mol. The Hall–Kier alpha value is -2.28. The molecule has 0 spiro atoms. The third kappa shape index (κ3) is 3.00. The van der Waals surface area contributed by atoms with Gasteiger partial charge in [-0.2, -0.15) is 4.98 Å². The molecule has 0 N–H and O–H groups in total. The number of nitrogens with zero attached hydrogens (tertiary/aromatic N) is 3. The van der Waals surface area contributed by atoms with Crippen molar-refractivity contribution >= 4 is 17.3 Å². The molecule has 0 aliphatic heterocycles. The van der Waals surface area contributed by atoms with E-state index in [1.54, 1.807) is 6.07 Å². The number of ether oxygens (including phenoxy) is 1. The molecule has 2 aromatic rings. The SMILES string of the molecule is Cc1nc(Cl)nc(OCc2ccccc2F)c1[N+](=O)[O-]. The minimum atomic E-state index is -0.664. The third-order valence-corrected chi connectivity index (χ3v) is 2.67. The molecule has 1 aromatic heterocycles. The van der Waals surface area contributed by atoms with E-state index in [1.165, 1.54) is 25.1 Å². The van der Waals surface area contributed by atoms with Gasteiger partial charge >= 0.3 is 5.69 Å².